The molecule has 1 aliphatic heterocycles. The second kappa shape index (κ2) is 6.72. The van der Waals surface area contributed by atoms with Crippen molar-refractivity contribution in [1.82, 2.24) is 10.2 Å². The third-order valence-corrected chi connectivity index (χ3v) is 4.06. The Balaban J connectivity index is 1.26. The highest BCUT2D eigenvalue weighted by atomic mass is 16.5. The number of rotatable bonds is 8. The van der Waals surface area contributed by atoms with Gasteiger partial charge < -0.3 is 19.6 Å². The first-order chi connectivity index (χ1) is 9.81. The molecule has 5 heteroatoms. The Hall–Kier alpha value is -0.880. The second-order valence-electron chi connectivity index (χ2n) is 5.87. The van der Waals surface area contributed by atoms with Crippen LogP contribution in [0, 0.1) is 0 Å². The summed E-state index contributed by atoms with van der Waals surface area (Å²) in [6, 6.07) is 5.08. The van der Waals surface area contributed by atoms with Crippen LogP contribution >= 0.6 is 0 Å². The molecule has 0 radical (unpaired) electrons. The zero-order valence-electron chi connectivity index (χ0n) is 11.8. The largest absolute Gasteiger partial charge is 0.467 e. The molecule has 112 valence electrons. The summed E-state index contributed by atoms with van der Waals surface area (Å²) < 4.78 is 10.6. The lowest BCUT2D eigenvalue weighted by Crippen LogP contribution is -2.39. The summed E-state index contributed by atoms with van der Waals surface area (Å²) in [7, 11) is 0. The molecule has 1 saturated heterocycles. The van der Waals surface area contributed by atoms with Crippen LogP contribution < -0.4 is 5.32 Å². The molecule has 5 nitrogen and oxygen atoms in total. The van der Waals surface area contributed by atoms with Crippen LogP contribution in [0.4, 0.5) is 0 Å². The molecule has 3 rings (SSSR count). The van der Waals surface area contributed by atoms with Crippen LogP contribution in [0.15, 0.2) is 22.8 Å². The highest BCUT2D eigenvalue weighted by Gasteiger charge is 2.34. The van der Waals surface area contributed by atoms with Gasteiger partial charge in [-0.05, 0) is 31.4 Å². The van der Waals surface area contributed by atoms with Gasteiger partial charge in [-0.1, -0.05) is 0 Å². The molecule has 0 spiro atoms. The summed E-state index contributed by atoms with van der Waals surface area (Å²) in [5.74, 6) is 0.793. The quantitative estimate of drug-likeness (QED) is 0.743. The third-order valence-electron chi connectivity index (χ3n) is 4.06. The monoisotopic (exact) mass is 280 g/mol. The van der Waals surface area contributed by atoms with Gasteiger partial charge in [0.05, 0.1) is 19.0 Å². The Morgan fingerprint density at radius 2 is 2.35 bits per heavy atom. The van der Waals surface area contributed by atoms with Gasteiger partial charge in [-0.3, -0.25) is 4.90 Å². The maximum absolute atomic E-state index is 9.89. The Labute approximate surface area is 119 Å². The second-order valence-corrected chi connectivity index (χ2v) is 5.87. The molecule has 2 fully saturated rings. The van der Waals surface area contributed by atoms with E-state index in [2.05, 4.69) is 10.2 Å². The minimum Gasteiger partial charge on any atom is -0.467 e. The summed E-state index contributed by atoms with van der Waals surface area (Å²) >= 11 is 0. The van der Waals surface area contributed by atoms with Crippen LogP contribution in [0.1, 0.15) is 25.0 Å². The molecular formula is C15H24N2O3. The highest BCUT2D eigenvalue weighted by Crippen LogP contribution is 2.29. The minimum atomic E-state index is -0.458. The van der Waals surface area contributed by atoms with E-state index < -0.39 is 6.10 Å². The van der Waals surface area contributed by atoms with E-state index in [4.69, 9.17) is 9.15 Å². The molecule has 2 N–H and O–H groups in total. The average molecular weight is 280 g/mol. The SMILES string of the molecule is OC(CNC1CCN(C2CC2)C1)COCc1ccco1. The van der Waals surface area contributed by atoms with E-state index in [1.54, 1.807) is 6.26 Å². The van der Waals surface area contributed by atoms with Gasteiger partial charge in [-0.15, -0.1) is 0 Å². The van der Waals surface area contributed by atoms with E-state index in [1.165, 1.54) is 25.8 Å². The molecule has 0 amide bonds. The lowest BCUT2D eigenvalue weighted by molar-refractivity contribution is 0.0216. The number of hydrogen-bond acceptors (Lipinski definition) is 5. The van der Waals surface area contributed by atoms with E-state index in [-0.39, 0.29) is 0 Å². The van der Waals surface area contributed by atoms with Gasteiger partial charge in [0.15, 0.2) is 0 Å². The van der Waals surface area contributed by atoms with Crippen molar-refractivity contribution >= 4 is 0 Å². The van der Waals surface area contributed by atoms with Gasteiger partial charge >= 0.3 is 0 Å². The normalized spacial score (nSPS) is 25.1. The van der Waals surface area contributed by atoms with Crippen molar-refractivity contribution in [3.8, 4) is 0 Å². The number of aliphatic hydroxyl groups excluding tert-OH is 1. The molecule has 20 heavy (non-hydrogen) atoms. The van der Waals surface area contributed by atoms with Crippen molar-refractivity contribution in [1.29, 1.82) is 0 Å². The van der Waals surface area contributed by atoms with Gasteiger partial charge in [0, 0.05) is 31.7 Å². The summed E-state index contributed by atoms with van der Waals surface area (Å²) in [6.45, 7) is 3.69. The van der Waals surface area contributed by atoms with Gasteiger partial charge in [-0.2, -0.15) is 0 Å². The maximum Gasteiger partial charge on any atom is 0.129 e. The zero-order chi connectivity index (χ0) is 13.8. The van der Waals surface area contributed by atoms with Crippen molar-refractivity contribution in [3.05, 3.63) is 24.2 Å². The van der Waals surface area contributed by atoms with E-state index in [0.717, 1.165) is 18.3 Å². The lowest BCUT2D eigenvalue weighted by Gasteiger charge is -2.18. The Morgan fingerprint density at radius 3 is 3.10 bits per heavy atom. The number of nitrogens with one attached hydrogen (secondary N) is 1. The molecule has 2 aliphatic rings. The van der Waals surface area contributed by atoms with Crippen molar-refractivity contribution < 1.29 is 14.3 Å². The van der Waals surface area contributed by atoms with Crippen LogP contribution in [-0.4, -0.2) is 54.4 Å². The maximum atomic E-state index is 9.89. The molecule has 1 aliphatic carbocycles. The minimum absolute atomic E-state index is 0.340. The summed E-state index contributed by atoms with van der Waals surface area (Å²) in [4.78, 5) is 2.57. The number of nitrogens with zero attached hydrogens (tertiary/aromatic N) is 1. The van der Waals surface area contributed by atoms with Crippen molar-refractivity contribution in [3.63, 3.8) is 0 Å². The smallest absolute Gasteiger partial charge is 0.129 e. The molecule has 0 bridgehead atoms. The number of hydrogen-bond donors (Lipinski definition) is 2. The van der Waals surface area contributed by atoms with Crippen molar-refractivity contribution in [2.75, 3.05) is 26.2 Å². The summed E-state index contributed by atoms with van der Waals surface area (Å²) in [5.41, 5.74) is 0. The molecule has 0 aromatic carbocycles. The van der Waals surface area contributed by atoms with E-state index in [1.807, 2.05) is 12.1 Å². The highest BCUT2D eigenvalue weighted by molar-refractivity contribution is 4.96. The van der Waals surface area contributed by atoms with Crippen LogP contribution in [0.3, 0.4) is 0 Å². The van der Waals surface area contributed by atoms with Gasteiger partial charge in [0.2, 0.25) is 0 Å². The fourth-order valence-corrected chi connectivity index (χ4v) is 2.78. The number of likely N-dealkylation sites (tertiary alicyclic amines) is 1. The molecule has 2 unspecified atom stereocenters. The Bertz CT molecular complexity index is 392. The van der Waals surface area contributed by atoms with Gasteiger partial charge in [0.25, 0.3) is 0 Å². The van der Waals surface area contributed by atoms with Crippen LogP contribution in [-0.2, 0) is 11.3 Å². The van der Waals surface area contributed by atoms with Crippen molar-refractivity contribution in [2.24, 2.45) is 0 Å². The first-order valence-corrected chi connectivity index (χ1v) is 7.57. The Morgan fingerprint density at radius 1 is 1.45 bits per heavy atom. The third kappa shape index (κ3) is 4.06. The van der Waals surface area contributed by atoms with Gasteiger partial charge in [-0.25, -0.2) is 0 Å². The fraction of sp³-hybridized carbons (Fsp3) is 0.733. The molecular weight excluding hydrogens is 256 g/mol. The predicted molar refractivity (Wildman–Crippen MR) is 75.4 cm³/mol. The fourth-order valence-electron chi connectivity index (χ4n) is 2.78. The number of furan rings is 1. The van der Waals surface area contributed by atoms with Crippen LogP contribution in [0.25, 0.3) is 0 Å². The lowest BCUT2D eigenvalue weighted by atomic mass is 10.2. The Kier molecular flexibility index (Phi) is 4.73. The topological polar surface area (TPSA) is 57.9 Å². The first-order valence-electron chi connectivity index (χ1n) is 7.57. The van der Waals surface area contributed by atoms with Crippen LogP contribution in [0.2, 0.25) is 0 Å². The molecule has 2 heterocycles. The van der Waals surface area contributed by atoms with Gasteiger partial charge in [0.1, 0.15) is 12.4 Å². The predicted octanol–water partition coefficient (Wildman–Crippen LogP) is 0.983. The molecule has 1 saturated carbocycles. The molecule has 1 aromatic heterocycles. The van der Waals surface area contributed by atoms with E-state index in [9.17, 15) is 5.11 Å². The zero-order valence-corrected chi connectivity index (χ0v) is 11.8. The first kappa shape index (κ1) is 14.1. The average Bonchev–Trinajstić information content (AvgIpc) is 2.98. The van der Waals surface area contributed by atoms with Crippen LogP contribution in [0.5, 0.6) is 0 Å². The molecule has 2 atom stereocenters. The standard InChI is InChI=1S/C15H24N2O3/c18-14(10-19-11-15-2-1-7-20-15)8-16-12-5-6-17(9-12)13-3-4-13/h1-2,7,12-14,16,18H,3-6,8-11H2. The number of aliphatic hydroxyl groups is 1. The number of ether oxygens (including phenoxy) is 1. The van der Waals surface area contributed by atoms with E-state index >= 15 is 0 Å². The van der Waals surface area contributed by atoms with E-state index in [0.29, 0.717) is 25.8 Å². The molecule has 1 aromatic rings. The summed E-state index contributed by atoms with van der Waals surface area (Å²) in [5, 5.41) is 13.3. The van der Waals surface area contributed by atoms with Crippen molar-refractivity contribution in [2.45, 2.75) is 44.1 Å². The summed E-state index contributed by atoms with van der Waals surface area (Å²) in [6.07, 6.45) is 5.10.